The highest BCUT2D eigenvalue weighted by molar-refractivity contribution is 7.46. The molecule has 4 aliphatic rings. The first-order valence-corrected chi connectivity index (χ1v) is 16.9. The first-order valence-electron chi connectivity index (χ1n) is 15.4. The number of hydrogen-bond acceptors (Lipinski definition) is 5. The Morgan fingerprint density at radius 2 is 1.80 bits per heavy atom. The fraction of sp³-hybridized carbons (Fsp3) is 0.875. The first kappa shape index (κ1) is 31.9. The van der Waals surface area contributed by atoms with E-state index in [4.69, 9.17) is 9.26 Å². The van der Waals surface area contributed by atoms with E-state index in [2.05, 4.69) is 55.4 Å². The van der Waals surface area contributed by atoms with Crippen LogP contribution in [0.5, 0.6) is 0 Å². The molecule has 228 valence electrons. The number of allylic oxidation sites excluding steroid dienone is 2. The van der Waals surface area contributed by atoms with Crippen LogP contribution in [-0.2, 0) is 23.4 Å². The van der Waals surface area contributed by atoms with E-state index in [-0.39, 0.29) is 63.2 Å². The molecule has 0 aliphatic heterocycles. The molecule has 0 amide bonds. The molecular formula is C32H53O7P. The molecule has 0 spiro atoms. The van der Waals surface area contributed by atoms with Gasteiger partial charge in [0, 0.05) is 12.8 Å². The maximum absolute atomic E-state index is 13.8. The van der Waals surface area contributed by atoms with Gasteiger partial charge < -0.3 is 14.5 Å². The molecule has 0 bridgehead atoms. The van der Waals surface area contributed by atoms with Crippen LogP contribution in [0.3, 0.4) is 0 Å². The van der Waals surface area contributed by atoms with Crippen molar-refractivity contribution in [2.24, 2.45) is 51.2 Å². The summed E-state index contributed by atoms with van der Waals surface area (Å²) in [5.74, 6) is 0.470. The Bertz CT molecular complexity index is 1090. The predicted octanol–water partition coefficient (Wildman–Crippen LogP) is 7.25. The maximum atomic E-state index is 13.8. The van der Waals surface area contributed by atoms with Gasteiger partial charge >= 0.3 is 13.8 Å². The smallest absolute Gasteiger partial charge is 0.462 e. The monoisotopic (exact) mass is 580 g/mol. The average Bonchev–Trinajstić information content (AvgIpc) is 3.07. The van der Waals surface area contributed by atoms with E-state index >= 15 is 0 Å². The van der Waals surface area contributed by atoms with Crippen LogP contribution in [0.25, 0.3) is 0 Å². The molecule has 4 aliphatic carbocycles. The molecule has 3 saturated carbocycles. The van der Waals surface area contributed by atoms with Crippen molar-refractivity contribution < 1.29 is 33.2 Å². The summed E-state index contributed by atoms with van der Waals surface area (Å²) in [6.07, 6.45) is 8.03. The Balaban J connectivity index is 1.64. The normalized spacial score (nSPS) is 41.3. The molecule has 2 N–H and O–H groups in total. The number of phosphoric acid groups is 1. The Kier molecular flexibility index (Phi) is 8.47. The summed E-state index contributed by atoms with van der Waals surface area (Å²) >= 11 is 0. The minimum Gasteiger partial charge on any atom is -0.462 e. The summed E-state index contributed by atoms with van der Waals surface area (Å²) in [7, 11) is -4.64. The van der Waals surface area contributed by atoms with Crippen LogP contribution in [0.4, 0.5) is 0 Å². The third-order valence-corrected chi connectivity index (χ3v) is 12.6. The zero-order valence-corrected chi connectivity index (χ0v) is 27.1. The van der Waals surface area contributed by atoms with Crippen molar-refractivity contribution in [3.8, 4) is 0 Å². The molecule has 0 radical (unpaired) electrons. The molecule has 8 heteroatoms. The Hall–Kier alpha value is -1.01. The van der Waals surface area contributed by atoms with Gasteiger partial charge in [0.15, 0.2) is 5.78 Å². The van der Waals surface area contributed by atoms with Gasteiger partial charge in [-0.1, -0.05) is 61.0 Å². The van der Waals surface area contributed by atoms with E-state index in [9.17, 15) is 23.9 Å². The van der Waals surface area contributed by atoms with Gasteiger partial charge in [0.1, 0.15) is 6.10 Å². The van der Waals surface area contributed by atoms with Gasteiger partial charge in [0.25, 0.3) is 0 Å². The van der Waals surface area contributed by atoms with Crippen LogP contribution in [0.2, 0.25) is 0 Å². The van der Waals surface area contributed by atoms with Crippen LogP contribution in [0.1, 0.15) is 114 Å². The van der Waals surface area contributed by atoms with Crippen molar-refractivity contribution in [2.45, 2.75) is 126 Å². The molecule has 0 heterocycles. The predicted molar refractivity (Wildman–Crippen MR) is 155 cm³/mol. The topological polar surface area (TPSA) is 110 Å². The van der Waals surface area contributed by atoms with Gasteiger partial charge in [-0.15, -0.1) is 0 Å². The van der Waals surface area contributed by atoms with E-state index < -0.39 is 13.9 Å². The first-order chi connectivity index (χ1) is 18.2. The summed E-state index contributed by atoms with van der Waals surface area (Å²) < 4.78 is 23.1. The summed E-state index contributed by atoms with van der Waals surface area (Å²) in [6, 6.07) is 0. The number of carbonyl (C=O) groups is 2. The van der Waals surface area contributed by atoms with Gasteiger partial charge in [-0.3, -0.25) is 14.1 Å². The van der Waals surface area contributed by atoms with Crippen molar-refractivity contribution in [1.82, 2.24) is 0 Å². The van der Waals surface area contributed by atoms with Crippen LogP contribution >= 0.6 is 7.82 Å². The number of ketones is 1. The summed E-state index contributed by atoms with van der Waals surface area (Å²) in [5, 5.41) is 0. The van der Waals surface area contributed by atoms with E-state index in [1.807, 2.05) is 6.08 Å². The lowest BCUT2D eigenvalue weighted by molar-refractivity contribution is -0.161. The molecule has 0 aromatic heterocycles. The van der Waals surface area contributed by atoms with E-state index in [1.165, 1.54) is 12.5 Å². The highest BCUT2D eigenvalue weighted by Crippen LogP contribution is 2.72. The molecule has 7 nitrogen and oxygen atoms in total. The largest absolute Gasteiger partial charge is 0.469 e. The Morgan fingerprint density at radius 1 is 1.15 bits per heavy atom. The SMILES string of the molecule is CC(=O)O[C@@H]1C[C@H]2C(=O)C=C3C(CC[C@]4(C)[C@@H]([C@H](C)[C@@H](CCC(C)(C)C)OP(=O)(O)O)CC[C@@]34C)[C@@]2(C)C[C@@H]1C. The number of fused-ring (bicyclic) bond motifs is 5. The van der Waals surface area contributed by atoms with E-state index in [1.54, 1.807) is 0 Å². The van der Waals surface area contributed by atoms with Gasteiger partial charge in [0.2, 0.25) is 0 Å². The number of phosphoric ester groups is 1. The van der Waals surface area contributed by atoms with Crippen molar-refractivity contribution in [3.05, 3.63) is 11.6 Å². The number of carbonyl (C=O) groups excluding carboxylic acids is 2. The fourth-order valence-electron chi connectivity index (χ4n) is 9.75. The summed E-state index contributed by atoms with van der Waals surface area (Å²) in [6.45, 7) is 19.1. The number of ether oxygens (including phenoxy) is 1. The zero-order valence-electron chi connectivity index (χ0n) is 26.2. The lowest BCUT2D eigenvalue weighted by Gasteiger charge is -2.61. The molecule has 0 aromatic carbocycles. The number of rotatable bonds is 7. The minimum atomic E-state index is -4.64. The van der Waals surface area contributed by atoms with Crippen LogP contribution in [-0.4, -0.2) is 33.7 Å². The number of hydrogen-bond donors (Lipinski definition) is 2. The van der Waals surface area contributed by atoms with Crippen molar-refractivity contribution >= 4 is 19.6 Å². The van der Waals surface area contributed by atoms with Crippen molar-refractivity contribution in [3.63, 3.8) is 0 Å². The fourth-order valence-corrected chi connectivity index (χ4v) is 10.4. The zero-order chi connectivity index (χ0) is 30.1. The second-order valence-electron chi connectivity index (χ2n) is 15.7. The van der Waals surface area contributed by atoms with Gasteiger partial charge in [-0.2, -0.15) is 0 Å². The Labute approximate surface area is 241 Å². The third kappa shape index (κ3) is 5.66. The highest BCUT2D eigenvalue weighted by atomic mass is 31.2. The van der Waals surface area contributed by atoms with Gasteiger partial charge in [0.05, 0.1) is 6.10 Å². The molecule has 0 aromatic rings. The lowest BCUT2D eigenvalue weighted by Crippen LogP contribution is -2.57. The Morgan fingerprint density at radius 3 is 2.38 bits per heavy atom. The van der Waals surface area contributed by atoms with Crippen LogP contribution < -0.4 is 0 Å². The number of esters is 1. The molecule has 40 heavy (non-hydrogen) atoms. The summed E-state index contributed by atoms with van der Waals surface area (Å²) in [5.41, 5.74) is 0.902. The van der Waals surface area contributed by atoms with Crippen molar-refractivity contribution in [2.75, 3.05) is 0 Å². The third-order valence-electron chi connectivity index (χ3n) is 12.1. The quantitative estimate of drug-likeness (QED) is 0.241. The second-order valence-corrected chi connectivity index (χ2v) is 16.9. The summed E-state index contributed by atoms with van der Waals surface area (Å²) in [4.78, 5) is 45.1. The second kappa shape index (κ2) is 10.6. The van der Waals surface area contributed by atoms with Crippen LogP contribution in [0, 0.1) is 51.2 Å². The standard InChI is InChI=1S/C32H53O7P/c1-19-18-30(7)23-11-15-31(8)22(20(2)27(39-40(35,36)37)12-13-29(4,5)6)10-14-32(31,9)24(23)16-26(34)25(30)17-28(19)38-21(3)33/h16,19-20,22-23,25,27-28H,10-15,17-18H2,1-9H3,(H2,35,36,37)/t19-,20-,22+,23?,25-,27+,28+,30+,31+,32-/m0/s1. The average molecular weight is 581 g/mol. The lowest BCUT2D eigenvalue weighted by atomic mass is 9.43. The maximum Gasteiger partial charge on any atom is 0.469 e. The van der Waals surface area contributed by atoms with Crippen molar-refractivity contribution in [1.29, 1.82) is 0 Å². The molecule has 1 unspecified atom stereocenters. The van der Waals surface area contributed by atoms with Gasteiger partial charge in [-0.25, -0.2) is 4.57 Å². The van der Waals surface area contributed by atoms with Gasteiger partial charge in [-0.05, 0) is 103 Å². The molecule has 0 saturated heterocycles. The molecule has 3 fully saturated rings. The van der Waals surface area contributed by atoms with E-state index in [0.29, 0.717) is 18.8 Å². The molecule has 10 atom stereocenters. The minimum absolute atomic E-state index is 0.0271. The van der Waals surface area contributed by atoms with Crippen LogP contribution in [0.15, 0.2) is 11.6 Å². The molecule has 4 rings (SSSR count). The molecular weight excluding hydrogens is 527 g/mol. The highest BCUT2D eigenvalue weighted by Gasteiger charge is 2.65. The van der Waals surface area contributed by atoms with E-state index in [0.717, 1.165) is 38.5 Å².